The molecule has 1 aromatic heterocycles. The zero-order chi connectivity index (χ0) is 22.6. The fourth-order valence-corrected chi connectivity index (χ4v) is 4.79. The van der Waals surface area contributed by atoms with Crippen LogP contribution in [0.25, 0.3) is 11.3 Å². The highest BCUT2D eigenvalue weighted by Crippen LogP contribution is 2.32. The van der Waals surface area contributed by atoms with Crippen LogP contribution in [0.3, 0.4) is 0 Å². The predicted octanol–water partition coefficient (Wildman–Crippen LogP) is 3.11. The Labute approximate surface area is 195 Å². The predicted molar refractivity (Wildman–Crippen MR) is 124 cm³/mol. The molecule has 0 unspecified atom stereocenters. The maximum atomic E-state index is 13.1. The summed E-state index contributed by atoms with van der Waals surface area (Å²) in [6.45, 7) is 5.36. The first kappa shape index (κ1) is 21.8. The highest BCUT2D eigenvalue weighted by molar-refractivity contribution is 7.09. The molecule has 3 heterocycles. The van der Waals surface area contributed by atoms with Crippen molar-refractivity contribution in [2.45, 2.75) is 13.1 Å². The molecule has 1 fully saturated rings. The molecule has 0 bridgehead atoms. The summed E-state index contributed by atoms with van der Waals surface area (Å²) in [6.07, 6.45) is 0. The average molecular weight is 469 g/mol. The van der Waals surface area contributed by atoms with E-state index in [0.717, 1.165) is 66.1 Å². The normalized spacial score (nSPS) is 16.2. The number of thiazole rings is 1. The minimum atomic E-state index is -0.242. The highest BCUT2D eigenvalue weighted by atomic mass is 32.1. The number of amides is 1. The second kappa shape index (κ2) is 9.86. The molecule has 0 saturated carbocycles. The van der Waals surface area contributed by atoms with Crippen molar-refractivity contribution in [2.24, 2.45) is 0 Å². The largest absolute Gasteiger partial charge is 0.454 e. The molecule has 3 aromatic rings. The minimum Gasteiger partial charge on any atom is -0.454 e. The van der Waals surface area contributed by atoms with Gasteiger partial charge in [-0.1, -0.05) is 6.07 Å². The number of carbonyl (C=O) groups is 1. The summed E-state index contributed by atoms with van der Waals surface area (Å²) in [6, 6.07) is 12.1. The summed E-state index contributed by atoms with van der Waals surface area (Å²) in [4.78, 5) is 21.6. The van der Waals surface area contributed by atoms with Gasteiger partial charge in [0.15, 0.2) is 11.5 Å². The van der Waals surface area contributed by atoms with Crippen LogP contribution in [-0.4, -0.2) is 60.2 Å². The number of ether oxygens (including phenoxy) is 2. The third-order valence-electron chi connectivity index (χ3n) is 5.81. The Morgan fingerprint density at radius 1 is 1.03 bits per heavy atom. The van der Waals surface area contributed by atoms with Gasteiger partial charge in [0.25, 0.3) is 0 Å². The van der Waals surface area contributed by atoms with Crippen molar-refractivity contribution < 1.29 is 18.7 Å². The lowest BCUT2D eigenvalue weighted by atomic mass is 10.2. The zero-order valence-electron chi connectivity index (χ0n) is 18.1. The second-order valence-corrected chi connectivity index (χ2v) is 9.09. The number of fused-ring (bicyclic) bond motifs is 1. The van der Waals surface area contributed by atoms with Gasteiger partial charge in [-0.3, -0.25) is 14.6 Å². The molecular formula is C24H25FN4O3S. The van der Waals surface area contributed by atoms with Crippen LogP contribution in [0.15, 0.2) is 47.8 Å². The molecule has 0 radical (unpaired) electrons. The zero-order valence-corrected chi connectivity index (χ0v) is 18.9. The van der Waals surface area contributed by atoms with E-state index < -0.39 is 0 Å². The molecule has 2 aromatic carbocycles. The standard InChI is InChI=1S/C24H25FN4O3S/c25-19-4-2-18(3-5-19)20-15-33-24(27-20)14-29-9-7-28(8-10-29)13-23(30)26-12-17-1-6-21-22(11-17)32-16-31-21/h1-6,11,15H,7-10,12-14,16H2,(H,26,30). The Kier molecular flexibility index (Phi) is 6.52. The number of halogens is 1. The monoisotopic (exact) mass is 468 g/mol. The van der Waals surface area contributed by atoms with Gasteiger partial charge in [-0.2, -0.15) is 0 Å². The van der Waals surface area contributed by atoms with Crippen molar-refractivity contribution in [3.8, 4) is 22.8 Å². The summed E-state index contributed by atoms with van der Waals surface area (Å²) >= 11 is 1.62. The van der Waals surface area contributed by atoms with Crippen molar-refractivity contribution in [1.82, 2.24) is 20.1 Å². The van der Waals surface area contributed by atoms with Crippen molar-refractivity contribution in [2.75, 3.05) is 39.5 Å². The minimum absolute atomic E-state index is 0.0185. The molecule has 0 spiro atoms. The van der Waals surface area contributed by atoms with E-state index in [0.29, 0.717) is 13.1 Å². The van der Waals surface area contributed by atoms with Gasteiger partial charge < -0.3 is 14.8 Å². The van der Waals surface area contributed by atoms with Gasteiger partial charge in [0.2, 0.25) is 12.7 Å². The molecule has 0 aliphatic carbocycles. The quantitative estimate of drug-likeness (QED) is 0.575. The van der Waals surface area contributed by atoms with Crippen LogP contribution in [0, 0.1) is 5.82 Å². The lowest BCUT2D eigenvalue weighted by Gasteiger charge is -2.33. The van der Waals surface area contributed by atoms with E-state index in [9.17, 15) is 9.18 Å². The van der Waals surface area contributed by atoms with Crippen LogP contribution in [0.5, 0.6) is 11.5 Å². The second-order valence-electron chi connectivity index (χ2n) is 8.15. The molecule has 7 nitrogen and oxygen atoms in total. The lowest BCUT2D eigenvalue weighted by Crippen LogP contribution is -2.49. The average Bonchev–Trinajstić information content (AvgIpc) is 3.49. The van der Waals surface area contributed by atoms with Crippen LogP contribution in [0.4, 0.5) is 4.39 Å². The summed E-state index contributed by atoms with van der Waals surface area (Å²) in [5.74, 6) is 1.24. The van der Waals surface area contributed by atoms with Gasteiger partial charge >= 0.3 is 0 Å². The maximum Gasteiger partial charge on any atom is 0.234 e. The molecule has 9 heteroatoms. The number of carbonyl (C=O) groups excluding carboxylic acids is 1. The Morgan fingerprint density at radius 3 is 2.61 bits per heavy atom. The van der Waals surface area contributed by atoms with Gasteiger partial charge in [0.1, 0.15) is 10.8 Å². The molecule has 2 aliphatic rings. The SMILES string of the molecule is O=C(CN1CCN(Cc2nc(-c3ccc(F)cc3)cs2)CC1)NCc1ccc2c(c1)OCO2. The first-order valence-corrected chi connectivity index (χ1v) is 11.8. The van der Waals surface area contributed by atoms with E-state index in [-0.39, 0.29) is 18.5 Å². The van der Waals surface area contributed by atoms with Crippen LogP contribution in [-0.2, 0) is 17.9 Å². The first-order chi connectivity index (χ1) is 16.1. The number of aromatic nitrogens is 1. The molecule has 5 rings (SSSR count). The Bertz CT molecular complexity index is 1110. The van der Waals surface area contributed by atoms with E-state index in [2.05, 4.69) is 15.1 Å². The Balaban J connectivity index is 1.05. The van der Waals surface area contributed by atoms with Crippen LogP contribution >= 0.6 is 11.3 Å². The molecule has 0 atom stereocenters. The van der Waals surface area contributed by atoms with Gasteiger partial charge in [-0.25, -0.2) is 9.37 Å². The maximum absolute atomic E-state index is 13.1. The number of hydrogen-bond donors (Lipinski definition) is 1. The number of piperazine rings is 1. The summed E-state index contributed by atoms with van der Waals surface area (Å²) in [5.41, 5.74) is 2.80. The van der Waals surface area contributed by atoms with Crippen LogP contribution in [0.2, 0.25) is 0 Å². The number of nitrogens with one attached hydrogen (secondary N) is 1. The lowest BCUT2D eigenvalue weighted by molar-refractivity contribution is -0.122. The molecular weight excluding hydrogens is 443 g/mol. The van der Waals surface area contributed by atoms with Gasteiger partial charge in [-0.05, 0) is 42.0 Å². The van der Waals surface area contributed by atoms with Crippen molar-refractivity contribution >= 4 is 17.2 Å². The molecule has 1 amide bonds. The van der Waals surface area contributed by atoms with E-state index in [1.54, 1.807) is 23.5 Å². The van der Waals surface area contributed by atoms with Crippen LogP contribution < -0.4 is 14.8 Å². The number of benzene rings is 2. The van der Waals surface area contributed by atoms with Crippen molar-refractivity contribution in [1.29, 1.82) is 0 Å². The summed E-state index contributed by atoms with van der Waals surface area (Å²) < 4.78 is 23.8. The summed E-state index contributed by atoms with van der Waals surface area (Å²) in [5, 5.41) is 6.05. The van der Waals surface area contributed by atoms with E-state index in [1.807, 2.05) is 23.6 Å². The van der Waals surface area contributed by atoms with Crippen molar-refractivity contribution in [3.05, 3.63) is 64.2 Å². The van der Waals surface area contributed by atoms with Gasteiger partial charge in [-0.15, -0.1) is 11.3 Å². The number of hydrogen-bond acceptors (Lipinski definition) is 7. The number of rotatable bonds is 7. The third-order valence-corrected chi connectivity index (χ3v) is 6.64. The fourth-order valence-electron chi connectivity index (χ4n) is 3.94. The Hall–Kier alpha value is -3.01. The highest BCUT2D eigenvalue weighted by Gasteiger charge is 2.20. The molecule has 33 heavy (non-hydrogen) atoms. The third kappa shape index (κ3) is 5.50. The molecule has 1 saturated heterocycles. The van der Waals surface area contributed by atoms with Crippen molar-refractivity contribution in [3.63, 3.8) is 0 Å². The summed E-state index contributed by atoms with van der Waals surface area (Å²) in [7, 11) is 0. The number of nitrogens with zero attached hydrogens (tertiary/aromatic N) is 3. The fraction of sp³-hybridized carbons (Fsp3) is 0.333. The first-order valence-electron chi connectivity index (χ1n) is 10.9. The van der Waals surface area contributed by atoms with E-state index >= 15 is 0 Å². The topological polar surface area (TPSA) is 66.9 Å². The molecule has 172 valence electrons. The Morgan fingerprint density at radius 2 is 1.79 bits per heavy atom. The van der Waals surface area contributed by atoms with Gasteiger partial charge in [0, 0.05) is 43.7 Å². The van der Waals surface area contributed by atoms with E-state index in [4.69, 9.17) is 14.5 Å². The smallest absolute Gasteiger partial charge is 0.234 e. The molecule has 1 N–H and O–H groups in total. The van der Waals surface area contributed by atoms with Crippen LogP contribution in [0.1, 0.15) is 10.6 Å². The van der Waals surface area contributed by atoms with Gasteiger partial charge in [0.05, 0.1) is 18.8 Å². The van der Waals surface area contributed by atoms with E-state index in [1.165, 1.54) is 12.1 Å². The molecule has 2 aliphatic heterocycles.